The van der Waals surface area contributed by atoms with Gasteiger partial charge in [0.2, 0.25) is 0 Å². The van der Waals surface area contributed by atoms with Crippen LogP contribution in [-0.4, -0.2) is 44.3 Å². The van der Waals surface area contributed by atoms with Gasteiger partial charge in [0, 0.05) is 0 Å². The highest BCUT2D eigenvalue weighted by atomic mass is 16.4. The third kappa shape index (κ3) is 4.70. The van der Waals surface area contributed by atoms with Crippen LogP contribution in [0, 0.1) is 0 Å². The fourth-order valence-electron chi connectivity index (χ4n) is 2.35. The number of fused-ring (bicyclic) bond motifs is 1. The van der Waals surface area contributed by atoms with Gasteiger partial charge in [-0.05, 0) is 47.2 Å². The lowest BCUT2D eigenvalue weighted by Gasteiger charge is -2.04. The molecule has 0 spiro atoms. The van der Waals surface area contributed by atoms with Crippen molar-refractivity contribution >= 4 is 34.6 Å². The second kappa shape index (κ2) is 8.45. The molecular weight excluding hydrogens is 368 g/mol. The minimum Gasteiger partial charge on any atom is -0.478 e. The van der Waals surface area contributed by atoms with E-state index < -0.39 is 23.9 Å². The molecule has 3 aromatic carbocycles. The van der Waals surface area contributed by atoms with Crippen molar-refractivity contribution in [2.45, 2.75) is 0 Å². The SMILES string of the molecule is O=C(O)c1cc2ccccc2cc1C(=O)O.O=C(O)c1ccc(C(=O)O)cc1. The first-order chi connectivity index (χ1) is 13.2. The number of hydrogen-bond acceptors (Lipinski definition) is 4. The molecule has 8 nitrogen and oxygen atoms in total. The van der Waals surface area contributed by atoms with Crippen molar-refractivity contribution in [3.8, 4) is 0 Å². The summed E-state index contributed by atoms with van der Waals surface area (Å²) < 4.78 is 0. The Bertz CT molecular complexity index is 982. The molecule has 0 aromatic heterocycles. The van der Waals surface area contributed by atoms with Crippen LogP contribution in [-0.2, 0) is 0 Å². The molecule has 0 atom stereocenters. The van der Waals surface area contributed by atoms with E-state index in [1.807, 2.05) is 0 Å². The van der Waals surface area contributed by atoms with Gasteiger partial charge in [0.15, 0.2) is 0 Å². The first-order valence-electron chi connectivity index (χ1n) is 7.76. The second-order valence-electron chi connectivity index (χ2n) is 5.54. The average Bonchev–Trinajstić information content (AvgIpc) is 2.67. The second-order valence-corrected chi connectivity index (χ2v) is 5.54. The fraction of sp³-hybridized carbons (Fsp3) is 0. The average molecular weight is 382 g/mol. The summed E-state index contributed by atoms with van der Waals surface area (Å²) in [5, 5.41) is 36.2. The van der Waals surface area contributed by atoms with Gasteiger partial charge in [-0.3, -0.25) is 0 Å². The lowest BCUT2D eigenvalue weighted by Crippen LogP contribution is -2.07. The normalized spacial score (nSPS) is 9.86. The first-order valence-corrected chi connectivity index (χ1v) is 7.76. The van der Waals surface area contributed by atoms with Gasteiger partial charge in [0.05, 0.1) is 22.3 Å². The Morgan fingerprint density at radius 2 is 0.821 bits per heavy atom. The molecule has 0 fully saturated rings. The van der Waals surface area contributed by atoms with E-state index in [1.54, 1.807) is 24.3 Å². The Balaban J connectivity index is 0.000000209. The molecule has 0 bridgehead atoms. The van der Waals surface area contributed by atoms with Crippen LogP contribution >= 0.6 is 0 Å². The lowest BCUT2D eigenvalue weighted by molar-refractivity contribution is 0.0652. The van der Waals surface area contributed by atoms with Gasteiger partial charge in [0.25, 0.3) is 0 Å². The molecule has 0 amide bonds. The zero-order valence-corrected chi connectivity index (χ0v) is 14.2. The Hall–Kier alpha value is -4.20. The topological polar surface area (TPSA) is 149 Å². The van der Waals surface area contributed by atoms with E-state index in [9.17, 15) is 19.2 Å². The minimum atomic E-state index is -1.23. The molecule has 0 aliphatic rings. The summed E-state index contributed by atoms with van der Waals surface area (Å²) in [7, 11) is 0. The van der Waals surface area contributed by atoms with E-state index in [2.05, 4.69) is 0 Å². The summed E-state index contributed by atoms with van der Waals surface area (Å²) in [6.45, 7) is 0. The number of rotatable bonds is 4. The summed E-state index contributed by atoms with van der Waals surface area (Å²) in [6, 6.07) is 14.8. The van der Waals surface area contributed by atoms with Crippen molar-refractivity contribution < 1.29 is 39.6 Å². The van der Waals surface area contributed by atoms with Gasteiger partial charge in [0.1, 0.15) is 0 Å². The van der Waals surface area contributed by atoms with Crippen molar-refractivity contribution in [1.82, 2.24) is 0 Å². The van der Waals surface area contributed by atoms with Crippen LogP contribution < -0.4 is 0 Å². The molecule has 142 valence electrons. The summed E-state index contributed by atoms with van der Waals surface area (Å²) in [4.78, 5) is 42.5. The zero-order chi connectivity index (χ0) is 20.8. The Labute approximate surface area is 157 Å². The molecule has 0 unspecified atom stereocenters. The minimum absolute atomic E-state index is 0.0833. The van der Waals surface area contributed by atoms with E-state index in [-0.39, 0.29) is 22.3 Å². The van der Waals surface area contributed by atoms with E-state index in [0.29, 0.717) is 10.8 Å². The van der Waals surface area contributed by atoms with Crippen LogP contribution in [0.2, 0.25) is 0 Å². The molecule has 0 radical (unpaired) electrons. The van der Waals surface area contributed by atoms with Crippen molar-refractivity contribution in [2.24, 2.45) is 0 Å². The van der Waals surface area contributed by atoms with Crippen molar-refractivity contribution in [1.29, 1.82) is 0 Å². The van der Waals surface area contributed by atoms with Crippen LogP contribution in [0.5, 0.6) is 0 Å². The first kappa shape index (κ1) is 20.1. The third-order valence-electron chi connectivity index (χ3n) is 3.73. The van der Waals surface area contributed by atoms with Crippen LogP contribution in [0.4, 0.5) is 0 Å². The molecule has 0 heterocycles. The molecule has 8 heteroatoms. The summed E-state index contributed by atoms with van der Waals surface area (Å²) in [5.41, 5.74) is -0.211. The van der Waals surface area contributed by atoms with Crippen LogP contribution in [0.3, 0.4) is 0 Å². The number of carbonyl (C=O) groups is 4. The van der Waals surface area contributed by atoms with Gasteiger partial charge in [-0.1, -0.05) is 24.3 Å². The molecule has 3 aromatic rings. The summed E-state index contributed by atoms with van der Waals surface area (Å²) >= 11 is 0. The molecule has 4 N–H and O–H groups in total. The predicted octanol–water partition coefficient (Wildman–Crippen LogP) is 3.32. The van der Waals surface area contributed by atoms with Crippen molar-refractivity contribution in [2.75, 3.05) is 0 Å². The lowest BCUT2D eigenvalue weighted by atomic mass is 10.0. The number of aromatic carboxylic acids is 4. The number of carboxylic acids is 4. The number of hydrogen-bond donors (Lipinski definition) is 4. The molecule has 0 aliphatic carbocycles. The predicted molar refractivity (Wildman–Crippen MR) is 98.2 cm³/mol. The molecule has 0 saturated heterocycles. The quantitative estimate of drug-likeness (QED) is 0.537. The highest BCUT2D eigenvalue weighted by Gasteiger charge is 2.16. The maximum Gasteiger partial charge on any atom is 0.336 e. The van der Waals surface area contributed by atoms with E-state index in [1.165, 1.54) is 36.4 Å². The summed E-state index contributed by atoms with van der Waals surface area (Å²) in [6.07, 6.45) is 0. The molecule has 0 saturated carbocycles. The monoisotopic (exact) mass is 382 g/mol. The van der Waals surface area contributed by atoms with Gasteiger partial charge in [-0.15, -0.1) is 0 Å². The Kier molecular flexibility index (Phi) is 6.07. The van der Waals surface area contributed by atoms with Gasteiger partial charge >= 0.3 is 23.9 Å². The standard InChI is InChI=1S/C12H8O4.C8H6O4/c13-11(14)9-5-7-3-1-2-4-8(7)6-10(9)12(15)16;9-7(10)5-1-2-6(4-3-5)8(11)12/h1-6H,(H,13,14)(H,15,16);1-4H,(H,9,10)(H,11,12). The fourth-order valence-corrected chi connectivity index (χ4v) is 2.35. The molecular formula is C20H14O8. The third-order valence-corrected chi connectivity index (χ3v) is 3.73. The van der Waals surface area contributed by atoms with Gasteiger partial charge in [-0.2, -0.15) is 0 Å². The largest absolute Gasteiger partial charge is 0.478 e. The van der Waals surface area contributed by atoms with Crippen molar-refractivity contribution in [3.63, 3.8) is 0 Å². The van der Waals surface area contributed by atoms with Crippen LogP contribution in [0.15, 0.2) is 60.7 Å². The highest BCUT2D eigenvalue weighted by molar-refractivity contribution is 6.06. The zero-order valence-electron chi connectivity index (χ0n) is 14.2. The maximum atomic E-state index is 10.9. The number of carboxylic acid groups (broad SMARTS) is 4. The number of benzene rings is 3. The smallest absolute Gasteiger partial charge is 0.336 e. The van der Waals surface area contributed by atoms with Crippen molar-refractivity contribution in [3.05, 3.63) is 82.9 Å². The maximum absolute atomic E-state index is 10.9. The molecule has 28 heavy (non-hydrogen) atoms. The molecule has 0 aliphatic heterocycles. The Morgan fingerprint density at radius 1 is 0.500 bits per heavy atom. The van der Waals surface area contributed by atoms with Crippen LogP contribution in [0.25, 0.3) is 10.8 Å². The van der Waals surface area contributed by atoms with Gasteiger partial charge in [-0.25, -0.2) is 19.2 Å². The Morgan fingerprint density at radius 3 is 1.07 bits per heavy atom. The summed E-state index contributed by atoms with van der Waals surface area (Å²) in [5.74, 6) is -4.59. The van der Waals surface area contributed by atoms with Gasteiger partial charge < -0.3 is 20.4 Å². The van der Waals surface area contributed by atoms with E-state index in [0.717, 1.165) is 0 Å². The highest BCUT2D eigenvalue weighted by Crippen LogP contribution is 2.20. The van der Waals surface area contributed by atoms with Crippen LogP contribution in [0.1, 0.15) is 41.4 Å². The van der Waals surface area contributed by atoms with E-state index >= 15 is 0 Å². The van der Waals surface area contributed by atoms with E-state index in [4.69, 9.17) is 20.4 Å². The molecule has 3 rings (SSSR count).